The first-order valence-corrected chi connectivity index (χ1v) is 8.45. The molecule has 2 N–H and O–H groups in total. The monoisotopic (exact) mass is 373 g/mol. The van der Waals surface area contributed by atoms with E-state index < -0.39 is 0 Å². The number of hydrogen-bond donors (Lipinski definition) is 2. The zero-order valence-electron chi connectivity index (χ0n) is 14.8. The van der Waals surface area contributed by atoms with Crippen LogP contribution in [0.25, 0.3) is 22.0 Å². The van der Waals surface area contributed by atoms with Gasteiger partial charge in [-0.05, 0) is 54.8 Å². The molecule has 0 aliphatic heterocycles. The van der Waals surface area contributed by atoms with Crippen molar-refractivity contribution in [3.8, 4) is 22.6 Å². The number of benzene rings is 3. The normalized spacial score (nSPS) is 9.85. The first kappa shape index (κ1) is 20.5. The number of phenolic OH excluding ortho intramolecular Hbond substituents is 2. The Hall–Kier alpha value is -2.80. The van der Waals surface area contributed by atoms with Crippen molar-refractivity contribution in [1.29, 1.82) is 0 Å². The lowest BCUT2D eigenvalue weighted by atomic mass is 10.1. The summed E-state index contributed by atoms with van der Waals surface area (Å²) in [4.78, 5) is 4.32. The topological polar surface area (TPSA) is 53.4 Å². The van der Waals surface area contributed by atoms with Gasteiger partial charge in [-0.3, -0.25) is 0 Å². The highest BCUT2D eigenvalue weighted by atomic mass is 27.0. The molecule has 0 bridgehead atoms. The molecular formula is C23H24AlNO2. The van der Waals surface area contributed by atoms with Crippen molar-refractivity contribution in [2.45, 2.75) is 13.8 Å². The third-order valence-corrected chi connectivity index (χ3v) is 4.24. The van der Waals surface area contributed by atoms with Crippen molar-refractivity contribution >= 4 is 28.3 Å². The summed E-state index contributed by atoms with van der Waals surface area (Å²) in [5.74, 6) is 0.556. The summed E-state index contributed by atoms with van der Waals surface area (Å²) < 4.78 is 0. The van der Waals surface area contributed by atoms with Crippen molar-refractivity contribution in [3.63, 3.8) is 0 Å². The smallest absolute Gasteiger partial charge is 0.187 e. The Kier molecular flexibility index (Phi) is 7.01. The van der Waals surface area contributed by atoms with E-state index in [1.54, 1.807) is 18.2 Å². The Balaban J connectivity index is 0.000000187. The summed E-state index contributed by atoms with van der Waals surface area (Å²) in [6.07, 6.45) is 0. The fraction of sp³-hybridized carbons (Fsp3) is 0.0870. The molecular weight excluding hydrogens is 349 g/mol. The van der Waals surface area contributed by atoms with Crippen molar-refractivity contribution in [1.82, 2.24) is 4.98 Å². The van der Waals surface area contributed by atoms with E-state index in [2.05, 4.69) is 4.98 Å². The maximum Gasteiger partial charge on any atom is 0.187 e. The van der Waals surface area contributed by atoms with Crippen LogP contribution in [0, 0.1) is 13.8 Å². The van der Waals surface area contributed by atoms with Crippen molar-refractivity contribution in [3.05, 3.63) is 90.1 Å². The lowest BCUT2D eigenvalue weighted by molar-refractivity contribution is 0.475. The van der Waals surface area contributed by atoms with Gasteiger partial charge in [-0.2, -0.15) is 0 Å². The highest BCUT2D eigenvalue weighted by Crippen LogP contribution is 2.24. The maximum atomic E-state index is 9.52. The molecule has 0 spiro atoms. The first-order chi connectivity index (χ1) is 12.5. The molecule has 0 atom stereocenters. The number of fused-ring (bicyclic) bond motifs is 1. The predicted octanol–water partition coefficient (Wildman–Crippen LogP) is 4.43. The van der Waals surface area contributed by atoms with Gasteiger partial charge in [0, 0.05) is 11.1 Å². The average molecular weight is 373 g/mol. The molecule has 0 saturated heterocycles. The Morgan fingerprint density at radius 1 is 0.704 bits per heavy atom. The molecule has 136 valence electrons. The average Bonchev–Trinajstić information content (AvgIpc) is 2.65. The van der Waals surface area contributed by atoms with E-state index in [1.807, 2.05) is 74.5 Å². The van der Waals surface area contributed by atoms with Gasteiger partial charge in [0.1, 0.15) is 17.0 Å². The van der Waals surface area contributed by atoms with Crippen LogP contribution < -0.4 is 0 Å². The van der Waals surface area contributed by atoms with E-state index in [1.165, 1.54) is 5.56 Å². The van der Waals surface area contributed by atoms with Crippen LogP contribution in [0.15, 0.2) is 78.9 Å². The molecule has 0 aliphatic rings. The van der Waals surface area contributed by atoms with Gasteiger partial charge in [-0.1, -0.05) is 54.6 Å². The lowest BCUT2D eigenvalue weighted by Gasteiger charge is -2.03. The van der Waals surface area contributed by atoms with E-state index >= 15 is 0 Å². The lowest BCUT2D eigenvalue weighted by Crippen LogP contribution is -1.88. The van der Waals surface area contributed by atoms with Gasteiger partial charge in [0.2, 0.25) is 0 Å². The Bertz CT molecular complexity index is 1020. The van der Waals surface area contributed by atoms with Crippen LogP contribution in [-0.2, 0) is 0 Å². The predicted molar refractivity (Wildman–Crippen MR) is 116 cm³/mol. The summed E-state index contributed by atoms with van der Waals surface area (Å²) >= 11 is 0. The number of pyridine rings is 1. The largest absolute Gasteiger partial charge is 0.508 e. The zero-order valence-corrected chi connectivity index (χ0v) is 14.8. The molecule has 0 radical (unpaired) electrons. The molecule has 4 rings (SSSR count). The third kappa shape index (κ3) is 5.10. The molecule has 0 unspecified atom stereocenters. The molecule has 1 aromatic heterocycles. The van der Waals surface area contributed by atoms with Gasteiger partial charge >= 0.3 is 0 Å². The Labute approximate surface area is 170 Å². The number of aromatic hydroxyl groups is 2. The molecule has 0 amide bonds. The molecule has 1 heterocycles. The summed E-state index contributed by atoms with van der Waals surface area (Å²) in [6, 6.07) is 24.8. The second kappa shape index (κ2) is 9.23. The van der Waals surface area contributed by atoms with Crippen LogP contribution in [0.3, 0.4) is 0 Å². The number of hydrogen-bond acceptors (Lipinski definition) is 3. The van der Waals surface area contributed by atoms with Crippen molar-refractivity contribution in [2.75, 3.05) is 0 Å². The molecule has 0 saturated carbocycles. The van der Waals surface area contributed by atoms with E-state index in [4.69, 9.17) is 5.11 Å². The summed E-state index contributed by atoms with van der Waals surface area (Å²) in [6.45, 7) is 3.97. The summed E-state index contributed by atoms with van der Waals surface area (Å²) in [5.41, 5.74) is 5.10. The second-order valence-corrected chi connectivity index (χ2v) is 6.15. The number of nitrogens with zero attached hydrogens (tertiary/aromatic N) is 1. The minimum absolute atomic E-state index is 0. The molecule has 4 heteroatoms. The standard InChI is InChI=1S/C12H10O.C11H11NO.Al.3H/c13-12-8-6-11(7-9-12)10-4-2-1-3-5-10;1-7-6-9-4-3-5-10(13)11(9)12-8(7)2;;;;/h1-9,13H;3-6,13H,1-2H3;;;;. The van der Waals surface area contributed by atoms with Crippen molar-refractivity contribution in [2.24, 2.45) is 0 Å². The van der Waals surface area contributed by atoms with Crippen LogP contribution in [0.1, 0.15) is 11.3 Å². The highest BCUT2D eigenvalue weighted by Gasteiger charge is 2.02. The van der Waals surface area contributed by atoms with Crippen LogP contribution in [-0.4, -0.2) is 32.6 Å². The highest BCUT2D eigenvalue weighted by molar-refractivity contribution is 5.84. The van der Waals surface area contributed by atoms with Gasteiger partial charge < -0.3 is 10.2 Å². The number of aryl methyl sites for hydroxylation is 2. The summed E-state index contributed by atoms with van der Waals surface area (Å²) in [7, 11) is 0. The summed E-state index contributed by atoms with van der Waals surface area (Å²) in [5, 5.41) is 19.6. The van der Waals surface area contributed by atoms with Crippen LogP contribution in [0.5, 0.6) is 11.5 Å². The molecule has 0 fully saturated rings. The number of rotatable bonds is 1. The van der Waals surface area contributed by atoms with E-state index in [-0.39, 0.29) is 23.1 Å². The SMILES string of the molecule is Cc1cc2cccc(O)c2nc1C.Oc1ccc(-c2ccccc2)cc1.[AlH3]. The van der Waals surface area contributed by atoms with Crippen LogP contribution >= 0.6 is 0 Å². The van der Waals surface area contributed by atoms with Crippen molar-refractivity contribution < 1.29 is 10.2 Å². The van der Waals surface area contributed by atoms with Gasteiger partial charge in [0.05, 0.1) is 0 Å². The van der Waals surface area contributed by atoms with Gasteiger partial charge in [0.25, 0.3) is 0 Å². The first-order valence-electron chi connectivity index (χ1n) is 8.45. The molecule has 0 aliphatic carbocycles. The van der Waals surface area contributed by atoms with Gasteiger partial charge in [0.15, 0.2) is 17.4 Å². The number of para-hydroxylation sites is 1. The van der Waals surface area contributed by atoms with E-state index in [0.29, 0.717) is 11.3 Å². The van der Waals surface area contributed by atoms with Gasteiger partial charge in [-0.15, -0.1) is 0 Å². The van der Waals surface area contributed by atoms with Crippen LogP contribution in [0.4, 0.5) is 0 Å². The number of phenols is 2. The van der Waals surface area contributed by atoms with Gasteiger partial charge in [-0.25, -0.2) is 4.98 Å². The minimum atomic E-state index is 0. The molecule has 4 aromatic rings. The quantitative estimate of drug-likeness (QED) is 0.485. The Morgan fingerprint density at radius 2 is 1.33 bits per heavy atom. The molecule has 27 heavy (non-hydrogen) atoms. The van der Waals surface area contributed by atoms with E-state index in [9.17, 15) is 5.11 Å². The fourth-order valence-electron chi connectivity index (χ4n) is 2.67. The van der Waals surface area contributed by atoms with Crippen LogP contribution in [0.2, 0.25) is 0 Å². The Morgan fingerprint density at radius 3 is 2.00 bits per heavy atom. The second-order valence-electron chi connectivity index (χ2n) is 6.15. The minimum Gasteiger partial charge on any atom is -0.508 e. The fourth-order valence-corrected chi connectivity index (χ4v) is 2.67. The zero-order chi connectivity index (χ0) is 18.5. The number of aromatic nitrogens is 1. The maximum absolute atomic E-state index is 9.52. The van der Waals surface area contributed by atoms with E-state index in [0.717, 1.165) is 22.2 Å². The third-order valence-electron chi connectivity index (χ3n) is 4.24. The molecule has 3 nitrogen and oxygen atoms in total. The molecule has 3 aromatic carbocycles.